The van der Waals surface area contributed by atoms with E-state index in [-0.39, 0.29) is 20.9 Å². The first kappa shape index (κ1) is 16.5. The summed E-state index contributed by atoms with van der Waals surface area (Å²) in [5, 5.41) is 0. The Morgan fingerprint density at radius 3 is 2.42 bits per heavy atom. The minimum atomic E-state index is -0.179. The standard InChI is InChI=1S/C18H26Te/c1-4-7-12-18(15-16(6-3)11-5-2)19-17-13-9-8-10-14-17/h8-11,13-15H,4-7,12H2,1-3H3/b16-11+,18-15+. The maximum absolute atomic E-state index is 2.49. The van der Waals surface area contributed by atoms with Crippen LogP contribution in [0.4, 0.5) is 0 Å². The Balaban J connectivity index is 2.81. The molecule has 1 rings (SSSR count). The van der Waals surface area contributed by atoms with Gasteiger partial charge in [0.15, 0.2) is 0 Å². The van der Waals surface area contributed by atoms with Crippen LogP contribution >= 0.6 is 0 Å². The summed E-state index contributed by atoms with van der Waals surface area (Å²) in [5.41, 5.74) is 1.52. The summed E-state index contributed by atoms with van der Waals surface area (Å²) in [6, 6.07) is 11.0. The van der Waals surface area contributed by atoms with Gasteiger partial charge in [0, 0.05) is 0 Å². The molecule has 0 aliphatic carbocycles. The molecule has 0 heterocycles. The zero-order valence-corrected chi connectivity index (χ0v) is 14.8. The van der Waals surface area contributed by atoms with Crippen molar-refractivity contribution >= 4 is 24.5 Å². The van der Waals surface area contributed by atoms with Crippen LogP contribution in [0.15, 0.2) is 51.7 Å². The van der Waals surface area contributed by atoms with E-state index in [4.69, 9.17) is 0 Å². The zero-order valence-electron chi connectivity index (χ0n) is 12.5. The third-order valence-corrected chi connectivity index (χ3v) is 6.11. The average molecular weight is 370 g/mol. The Bertz CT molecular complexity index is 401. The first-order valence-corrected chi connectivity index (χ1v) is 9.75. The molecule has 0 saturated heterocycles. The first-order valence-electron chi connectivity index (χ1n) is 7.42. The summed E-state index contributed by atoms with van der Waals surface area (Å²) in [5.74, 6) is 0. The van der Waals surface area contributed by atoms with Crippen LogP contribution in [0.25, 0.3) is 0 Å². The molecular weight excluding hydrogens is 344 g/mol. The molecule has 19 heavy (non-hydrogen) atoms. The van der Waals surface area contributed by atoms with Gasteiger partial charge in [-0.2, -0.15) is 0 Å². The fourth-order valence-electron chi connectivity index (χ4n) is 1.92. The Labute approximate surface area is 129 Å². The average Bonchev–Trinajstić information content (AvgIpc) is 2.45. The van der Waals surface area contributed by atoms with Crippen molar-refractivity contribution in [3.63, 3.8) is 0 Å². The van der Waals surface area contributed by atoms with Crippen LogP contribution in [-0.4, -0.2) is 20.9 Å². The number of allylic oxidation sites excluding steroid dienone is 4. The molecule has 0 aliphatic heterocycles. The molecule has 0 fully saturated rings. The summed E-state index contributed by atoms with van der Waals surface area (Å²) >= 11 is -0.179. The molecule has 0 amide bonds. The molecule has 0 saturated carbocycles. The fourth-order valence-corrected chi connectivity index (χ4v) is 4.92. The number of unbranched alkanes of at least 4 members (excludes halogenated alkanes) is 1. The van der Waals surface area contributed by atoms with Crippen LogP contribution in [0.1, 0.15) is 52.9 Å². The van der Waals surface area contributed by atoms with E-state index >= 15 is 0 Å². The van der Waals surface area contributed by atoms with Gasteiger partial charge in [0.25, 0.3) is 0 Å². The predicted octanol–water partition coefficient (Wildman–Crippen LogP) is 4.84. The van der Waals surface area contributed by atoms with Gasteiger partial charge in [-0.3, -0.25) is 0 Å². The fraction of sp³-hybridized carbons (Fsp3) is 0.444. The number of benzene rings is 1. The molecule has 0 aromatic heterocycles. The molecule has 1 heteroatoms. The Kier molecular flexibility index (Phi) is 8.97. The molecule has 104 valence electrons. The first-order chi connectivity index (χ1) is 9.30. The number of hydrogen-bond acceptors (Lipinski definition) is 0. The molecule has 1 aromatic carbocycles. The van der Waals surface area contributed by atoms with E-state index < -0.39 is 0 Å². The summed E-state index contributed by atoms with van der Waals surface area (Å²) in [6.07, 6.45) is 11.1. The van der Waals surface area contributed by atoms with Crippen LogP contribution < -0.4 is 3.61 Å². The maximum atomic E-state index is 2.49. The number of rotatable bonds is 8. The van der Waals surface area contributed by atoms with E-state index in [0.717, 1.165) is 12.8 Å². The van der Waals surface area contributed by atoms with Crippen molar-refractivity contribution in [1.29, 1.82) is 0 Å². The van der Waals surface area contributed by atoms with Crippen molar-refractivity contribution in [2.24, 2.45) is 0 Å². The number of hydrogen-bond donors (Lipinski definition) is 0. The van der Waals surface area contributed by atoms with E-state index in [1.807, 2.05) is 0 Å². The summed E-state index contributed by atoms with van der Waals surface area (Å²) in [6.45, 7) is 6.77. The predicted molar refractivity (Wildman–Crippen MR) is 88.1 cm³/mol. The molecular formula is C18H26Te. The summed E-state index contributed by atoms with van der Waals surface area (Å²) in [7, 11) is 0. The molecule has 0 atom stereocenters. The Hall–Kier alpha value is -0.510. The van der Waals surface area contributed by atoms with E-state index in [2.05, 4.69) is 63.3 Å². The summed E-state index contributed by atoms with van der Waals surface area (Å²) in [4.78, 5) is 0. The van der Waals surface area contributed by atoms with Crippen LogP contribution in [-0.2, 0) is 0 Å². The van der Waals surface area contributed by atoms with Gasteiger partial charge in [0.1, 0.15) is 0 Å². The zero-order chi connectivity index (χ0) is 13.9. The molecule has 0 unspecified atom stereocenters. The van der Waals surface area contributed by atoms with Crippen LogP contribution in [0.3, 0.4) is 0 Å². The van der Waals surface area contributed by atoms with E-state index in [0.29, 0.717) is 0 Å². The van der Waals surface area contributed by atoms with Gasteiger partial charge in [-0.15, -0.1) is 0 Å². The Morgan fingerprint density at radius 1 is 1.11 bits per heavy atom. The van der Waals surface area contributed by atoms with Crippen molar-refractivity contribution < 1.29 is 0 Å². The molecule has 0 aliphatic rings. The van der Waals surface area contributed by atoms with Crippen molar-refractivity contribution in [2.45, 2.75) is 52.9 Å². The van der Waals surface area contributed by atoms with Gasteiger partial charge in [-0.05, 0) is 0 Å². The second-order valence-corrected chi connectivity index (χ2v) is 8.09. The monoisotopic (exact) mass is 372 g/mol. The van der Waals surface area contributed by atoms with Crippen LogP contribution in [0, 0.1) is 0 Å². The topological polar surface area (TPSA) is 0 Å². The van der Waals surface area contributed by atoms with Crippen molar-refractivity contribution in [2.75, 3.05) is 0 Å². The normalized spacial score (nSPS) is 12.8. The van der Waals surface area contributed by atoms with Crippen molar-refractivity contribution in [1.82, 2.24) is 0 Å². The van der Waals surface area contributed by atoms with Gasteiger partial charge in [-0.1, -0.05) is 0 Å². The van der Waals surface area contributed by atoms with E-state index in [1.165, 1.54) is 24.8 Å². The quantitative estimate of drug-likeness (QED) is 0.454. The van der Waals surface area contributed by atoms with Gasteiger partial charge in [0.2, 0.25) is 0 Å². The molecule has 0 spiro atoms. The van der Waals surface area contributed by atoms with Gasteiger partial charge in [0.05, 0.1) is 0 Å². The summed E-state index contributed by atoms with van der Waals surface area (Å²) < 4.78 is 3.27. The SMILES string of the molecule is CC/C=C(/C=C(\CCCC)[Te]c1ccccc1)CC. The van der Waals surface area contributed by atoms with E-state index in [9.17, 15) is 0 Å². The molecule has 0 nitrogen and oxygen atoms in total. The molecule has 0 N–H and O–H groups in total. The molecule has 0 radical (unpaired) electrons. The van der Waals surface area contributed by atoms with Gasteiger partial charge < -0.3 is 0 Å². The van der Waals surface area contributed by atoms with Crippen molar-refractivity contribution in [3.05, 3.63) is 51.7 Å². The second-order valence-electron chi connectivity index (χ2n) is 4.67. The second kappa shape index (κ2) is 10.3. The van der Waals surface area contributed by atoms with Crippen LogP contribution in [0.2, 0.25) is 0 Å². The third kappa shape index (κ3) is 7.00. The van der Waals surface area contributed by atoms with E-state index in [1.54, 1.807) is 7.23 Å². The molecule has 1 aromatic rings. The third-order valence-electron chi connectivity index (χ3n) is 2.99. The molecule has 0 bridgehead atoms. The van der Waals surface area contributed by atoms with Gasteiger partial charge >= 0.3 is 129 Å². The Morgan fingerprint density at radius 2 is 1.84 bits per heavy atom. The van der Waals surface area contributed by atoms with Crippen molar-refractivity contribution in [3.8, 4) is 0 Å². The van der Waals surface area contributed by atoms with Gasteiger partial charge in [-0.25, -0.2) is 0 Å². The minimum absolute atomic E-state index is 0.179. The van der Waals surface area contributed by atoms with Crippen LogP contribution in [0.5, 0.6) is 0 Å².